The number of fused-ring (bicyclic) bond motifs is 1. The summed E-state index contributed by atoms with van der Waals surface area (Å²) in [5, 5.41) is 10.9. The molecule has 0 aromatic heterocycles. The second-order valence-electron chi connectivity index (χ2n) is 8.62. The molecule has 4 rings (SSSR count). The largest absolute Gasteiger partial charge is 0.488 e. The molecule has 0 spiro atoms. The Balaban J connectivity index is 1.61. The van der Waals surface area contributed by atoms with Crippen LogP contribution in [0, 0.1) is 0 Å². The topological polar surface area (TPSA) is 82.1 Å². The maximum absolute atomic E-state index is 13.5. The van der Waals surface area contributed by atoms with E-state index in [9.17, 15) is 9.59 Å². The lowest BCUT2D eigenvalue weighted by molar-refractivity contribution is -0.127. The molecule has 2 N–H and O–H groups in total. The van der Waals surface area contributed by atoms with Crippen LogP contribution in [0.15, 0.2) is 72.3 Å². The van der Waals surface area contributed by atoms with Gasteiger partial charge in [0.15, 0.2) is 0 Å². The number of rotatable bonds is 7. The molecular weight excluding hydrogens is 430 g/mol. The summed E-state index contributed by atoms with van der Waals surface area (Å²) in [7, 11) is 3.90. The highest BCUT2D eigenvalue weighted by Crippen LogP contribution is 2.26. The highest BCUT2D eigenvalue weighted by atomic mass is 16.5. The van der Waals surface area contributed by atoms with E-state index >= 15 is 0 Å². The summed E-state index contributed by atoms with van der Waals surface area (Å²) < 4.78 is 6.16. The third-order valence-corrected chi connectivity index (χ3v) is 6.26. The molecule has 1 aliphatic heterocycles. The van der Waals surface area contributed by atoms with E-state index in [0.29, 0.717) is 11.1 Å². The quantitative estimate of drug-likeness (QED) is 0.321. The standard InChI is InChI=1S/C27H29N3O4/c1-29-15-14-23(17-29)30(2)27(32)22(16-19-10-12-21(13-11-19)26(31)28-33)18-34-25-9-5-7-20-6-3-4-8-24(20)25/h3-13,16,23,33H,14-15,17-18H2,1-2H3,(H,28,31)/b22-16+. The number of hydrogen-bond donors (Lipinski definition) is 2. The molecule has 0 saturated carbocycles. The zero-order valence-electron chi connectivity index (χ0n) is 19.4. The van der Waals surface area contributed by atoms with Gasteiger partial charge in [-0.05, 0) is 55.2 Å². The molecule has 1 aliphatic rings. The minimum absolute atomic E-state index is 0.0854. The van der Waals surface area contributed by atoms with Crippen LogP contribution in [-0.2, 0) is 4.79 Å². The first-order valence-corrected chi connectivity index (χ1v) is 11.3. The third-order valence-electron chi connectivity index (χ3n) is 6.26. The fourth-order valence-corrected chi connectivity index (χ4v) is 4.26. The smallest absolute Gasteiger partial charge is 0.274 e. The SMILES string of the molecule is CN1CCC(N(C)C(=O)/C(=C/c2ccc(C(=O)NO)cc2)COc2cccc3ccccc23)C1. The molecule has 3 aromatic carbocycles. The van der Waals surface area contributed by atoms with E-state index in [1.165, 1.54) is 0 Å². The minimum atomic E-state index is -0.587. The first-order valence-electron chi connectivity index (χ1n) is 11.3. The Morgan fingerprint density at radius 2 is 1.85 bits per heavy atom. The number of nitrogens with zero attached hydrogens (tertiary/aromatic N) is 2. The Bertz CT molecular complexity index is 1200. The normalized spacial score (nSPS) is 16.4. The lowest BCUT2D eigenvalue weighted by Crippen LogP contribution is -2.40. The van der Waals surface area contributed by atoms with Gasteiger partial charge in [0.05, 0.1) is 5.57 Å². The van der Waals surface area contributed by atoms with Gasteiger partial charge in [-0.3, -0.25) is 14.8 Å². The van der Waals surface area contributed by atoms with Crippen molar-refractivity contribution in [3.63, 3.8) is 0 Å². The second-order valence-corrected chi connectivity index (χ2v) is 8.62. The van der Waals surface area contributed by atoms with Gasteiger partial charge >= 0.3 is 0 Å². The first kappa shape index (κ1) is 23.5. The fraction of sp³-hybridized carbons (Fsp3) is 0.259. The molecule has 1 fully saturated rings. The lowest BCUT2D eigenvalue weighted by atomic mass is 10.1. The summed E-state index contributed by atoms with van der Waals surface area (Å²) in [5.74, 6) is 0.0453. The van der Waals surface area contributed by atoms with Gasteiger partial charge in [0.25, 0.3) is 11.8 Å². The molecule has 2 amide bonds. The van der Waals surface area contributed by atoms with Gasteiger partial charge in [-0.2, -0.15) is 0 Å². The van der Waals surface area contributed by atoms with Crippen LogP contribution in [0.1, 0.15) is 22.3 Å². The van der Waals surface area contributed by atoms with Crippen molar-refractivity contribution in [2.24, 2.45) is 0 Å². The van der Waals surface area contributed by atoms with E-state index in [1.54, 1.807) is 40.7 Å². The second kappa shape index (κ2) is 10.5. The number of carbonyl (C=O) groups excluding carboxylic acids is 2. The maximum Gasteiger partial charge on any atom is 0.274 e. The number of likely N-dealkylation sites (N-methyl/N-ethyl adjacent to an activating group) is 2. The van der Waals surface area contributed by atoms with Crippen LogP contribution in [0.3, 0.4) is 0 Å². The summed E-state index contributed by atoms with van der Waals surface area (Å²) in [6.07, 6.45) is 2.73. The average Bonchev–Trinajstić information content (AvgIpc) is 3.31. The lowest BCUT2D eigenvalue weighted by Gasteiger charge is -2.26. The van der Waals surface area contributed by atoms with E-state index in [2.05, 4.69) is 11.9 Å². The Hall–Kier alpha value is -3.68. The molecule has 3 aromatic rings. The highest BCUT2D eigenvalue weighted by Gasteiger charge is 2.28. The van der Waals surface area contributed by atoms with Gasteiger partial charge in [-0.1, -0.05) is 48.5 Å². The van der Waals surface area contributed by atoms with Crippen LogP contribution in [0.4, 0.5) is 0 Å². The van der Waals surface area contributed by atoms with Gasteiger partial charge < -0.3 is 14.5 Å². The summed E-state index contributed by atoms with van der Waals surface area (Å²) >= 11 is 0. The average molecular weight is 460 g/mol. The number of nitrogens with one attached hydrogen (secondary N) is 1. The molecule has 1 saturated heterocycles. The number of amides is 2. The van der Waals surface area contributed by atoms with Gasteiger partial charge in [-0.15, -0.1) is 0 Å². The summed E-state index contributed by atoms with van der Waals surface area (Å²) in [6, 6.07) is 20.7. The molecule has 34 heavy (non-hydrogen) atoms. The van der Waals surface area contributed by atoms with Crippen molar-refractivity contribution in [3.8, 4) is 5.75 Å². The minimum Gasteiger partial charge on any atom is -0.488 e. The Kier molecular flexibility index (Phi) is 7.25. The van der Waals surface area contributed by atoms with Crippen molar-refractivity contribution in [2.75, 3.05) is 33.8 Å². The molecular formula is C27H29N3O4. The van der Waals surface area contributed by atoms with Gasteiger partial charge in [0.2, 0.25) is 0 Å². The Morgan fingerprint density at radius 1 is 1.12 bits per heavy atom. The Labute approximate surface area is 199 Å². The monoisotopic (exact) mass is 459 g/mol. The number of benzene rings is 3. The molecule has 176 valence electrons. The van der Waals surface area contributed by atoms with Crippen LogP contribution >= 0.6 is 0 Å². The first-order chi connectivity index (χ1) is 16.5. The number of carbonyl (C=O) groups is 2. The van der Waals surface area contributed by atoms with Crippen molar-refractivity contribution in [1.82, 2.24) is 15.3 Å². The summed E-state index contributed by atoms with van der Waals surface area (Å²) in [5.41, 5.74) is 3.23. The molecule has 1 unspecified atom stereocenters. The molecule has 1 heterocycles. The Morgan fingerprint density at radius 3 is 2.56 bits per heavy atom. The predicted molar refractivity (Wildman–Crippen MR) is 132 cm³/mol. The molecule has 0 aliphatic carbocycles. The predicted octanol–water partition coefficient (Wildman–Crippen LogP) is 3.58. The molecule has 0 radical (unpaired) electrons. The van der Waals surface area contributed by atoms with Crippen LogP contribution < -0.4 is 10.2 Å². The van der Waals surface area contributed by atoms with Crippen LogP contribution in [0.25, 0.3) is 16.8 Å². The van der Waals surface area contributed by atoms with E-state index in [-0.39, 0.29) is 18.6 Å². The van der Waals surface area contributed by atoms with E-state index < -0.39 is 5.91 Å². The molecule has 7 heteroatoms. The van der Waals surface area contributed by atoms with Crippen molar-refractivity contribution >= 4 is 28.7 Å². The summed E-state index contributed by atoms with van der Waals surface area (Å²) in [4.78, 5) is 29.2. The van der Waals surface area contributed by atoms with Gasteiger partial charge in [-0.25, -0.2) is 5.48 Å². The summed E-state index contributed by atoms with van der Waals surface area (Å²) in [6.45, 7) is 1.91. The number of hydroxylamine groups is 1. The molecule has 0 bridgehead atoms. The van der Waals surface area contributed by atoms with Crippen LogP contribution in [0.5, 0.6) is 5.75 Å². The maximum atomic E-state index is 13.5. The van der Waals surface area contributed by atoms with Crippen molar-refractivity contribution in [1.29, 1.82) is 0 Å². The van der Waals surface area contributed by atoms with Gasteiger partial charge in [0.1, 0.15) is 12.4 Å². The van der Waals surface area contributed by atoms with Crippen LogP contribution in [-0.4, -0.2) is 66.7 Å². The number of ether oxygens (including phenoxy) is 1. The van der Waals surface area contributed by atoms with E-state index in [4.69, 9.17) is 9.94 Å². The van der Waals surface area contributed by atoms with Crippen molar-refractivity contribution in [2.45, 2.75) is 12.5 Å². The molecule has 7 nitrogen and oxygen atoms in total. The number of likely N-dealkylation sites (tertiary alicyclic amines) is 1. The van der Waals surface area contributed by atoms with E-state index in [1.807, 2.05) is 49.5 Å². The third kappa shape index (κ3) is 5.27. The van der Waals surface area contributed by atoms with Crippen molar-refractivity contribution < 1.29 is 19.5 Å². The highest BCUT2D eigenvalue weighted by molar-refractivity contribution is 5.99. The van der Waals surface area contributed by atoms with Crippen molar-refractivity contribution in [3.05, 3.63) is 83.4 Å². The van der Waals surface area contributed by atoms with Crippen LogP contribution in [0.2, 0.25) is 0 Å². The molecule has 1 atom stereocenters. The zero-order valence-corrected chi connectivity index (χ0v) is 19.4. The number of hydrogen-bond acceptors (Lipinski definition) is 5. The fourth-order valence-electron chi connectivity index (χ4n) is 4.26. The zero-order chi connectivity index (χ0) is 24.1. The van der Waals surface area contributed by atoms with E-state index in [0.717, 1.165) is 41.6 Å². The van der Waals surface area contributed by atoms with Gasteiger partial charge in [0, 0.05) is 30.6 Å².